The summed E-state index contributed by atoms with van der Waals surface area (Å²) in [6.45, 7) is 1.16. The topological polar surface area (TPSA) is 41.6 Å². The van der Waals surface area contributed by atoms with Crippen LogP contribution in [-0.2, 0) is 6.61 Å². The van der Waals surface area contributed by atoms with Crippen LogP contribution in [0.3, 0.4) is 0 Å². The minimum absolute atomic E-state index is 0.0771. The molecule has 0 saturated carbocycles. The number of benzene rings is 3. The molecule has 1 atom stereocenters. The first-order chi connectivity index (χ1) is 14.2. The number of nitrogens with one attached hydrogen (secondary N) is 1. The number of ether oxygens (including phenoxy) is 1. The van der Waals surface area contributed by atoms with Crippen LogP contribution in [-0.4, -0.2) is 23.2 Å². The van der Waals surface area contributed by atoms with Gasteiger partial charge in [0.2, 0.25) is 0 Å². The van der Waals surface area contributed by atoms with Gasteiger partial charge in [0.1, 0.15) is 23.5 Å². The fourth-order valence-electron chi connectivity index (χ4n) is 3.19. The normalized spacial score (nSPS) is 15.9. The van der Waals surface area contributed by atoms with Crippen LogP contribution in [0.25, 0.3) is 0 Å². The summed E-state index contributed by atoms with van der Waals surface area (Å²) in [4.78, 5) is 14.5. The van der Waals surface area contributed by atoms with Crippen LogP contribution in [0, 0.1) is 5.82 Å². The molecule has 0 aromatic heterocycles. The van der Waals surface area contributed by atoms with Crippen molar-refractivity contribution in [2.24, 2.45) is 0 Å². The number of hydrogen-bond acceptors (Lipinski definition) is 3. The lowest BCUT2D eigenvalue weighted by atomic mass is 10.2. The molecule has 0 aliphatic carbocycles. The molecule has 1 saturated heterocycles. The smallest absolute Gasteiger partial charge is 0.323 e. The van der Waals surface area contributed by atoms with Crippen molar-refractivity contribution in [3.05, 3.63) is 95.8 Å². The van der Waals surface area contributed by atoms with Gasteiger partial charge in [-0.2, -0.15) is 0 Å². The molecule has 1 fully saturated rings. The largest absolute Gasteiger partial charge is 0.489 e. The number of halogens is 1. The predicted octanol–water partition coefficient (Wildman–Crippen LogP) is 5.68. The highest BCUT2D eigenvalue weighted by atomic mass is 32.2. The Bertz CT molecular complexity index is 966. The monoisotopic (exact) mass is 408 g/mol. The zero-order valence-electron chi connectivity index (χ0n) is 15.8. The zero-order valence-corrected chi connectivity index (χ0v) is 16.6. The second-order valence-corrected chi connectivity index (χ2v) is 7.89. The third-order valence-corrected chi connectivity index (χ3v) is 5.90. The highest BCUT2D eigenvalue weighted by Gasteiger charge is 2.30. The Balaban J connectivity index is 1.39. The van der Waals surface area contributed by atoms with Crippen LogP contribution in [0.2, 0.25) is 0 Å². The molecule has 4 rings (SSSR count). The number of anilines is 1. The van der Waals surface area contributed by atoms with Crippen molar-refractivity contribution in [2.75, 3.05) is 17.6 Å². The number of amides is 2. The van der Waals surface area contributed by atoms with Gasteiger partial charge >= 0.3 is 6.03 Å². The van der Waals surface area contributed by atoms with Crippen molar-refractivity contribution < 1.29 is 13.9 Å². The van der Waals surface area contributed by atoms with E-state index in [9.17, 15) is 9.18 Å². The zero-order chi connectivity index (χ0) is 20.1. The second-order valence-electron chi connectivity index (χ2n) is 6.70. The van der Waals surface area contributed by atoms with E-state index in [0.717, 1.165) is 22.6 Å². The van der Waals surface area contributed by atoms with Gasteiger partial charge in [-0.15, -0.1) is 11.8 Å². The Labute approximate surface area is 173 Å². The summed E-state index contributed by atoms with van der Waals surface area (Å²) in [5.74, 6) is 1.27. The molecular weight excluding hydrogens is 387 g/mol. The highest BCUT2D eigenvalue weighted by Crippen LogP contribution is 2.38. The maximum absolute atomic E-state index is 13.4. The maximum atomic E-state index is 13.4. The van der Waals surface area contributed by atoms with Gasteiger partial charge in [-0.3, -0.25) is 0 Å². The Hall–Kier alpha value is -2.99. The van der Waals surface area contributed by atoms with E-state index in [1.165, 1.54) is 12.1 Å². The van der Waals surface area contributed by atoms with E-state index in [4.69, 9.17) is 4.74 Å². The third-order valence-electron chi connectivity index (χ3n) is 4.64. The number of thioether (sulfide) groups is 1. The van der Waals surface area contributed by atoms with E-state index in [1.807, 2.05) is 54.6 Å². The van der Waals surface area contributed by atoms with E-state index in [1.54, 1.807) is 28.8 Å². The molecule has 29 heavy (non-hydrogen) atoms. The molecular formula is C23H21FN2O2S. The minimum Gasteiger partial charge on any atom is -0.489 e. The number of urea groups is 1. The summed E-state index contributed by atoms with van der Waals surface area (Å²) in [6.07, 6.45) is 0. The molecule has 4 nitrogen and oxygen atoms in total. The summed E-state index contributed by atoms with van der Waals surface area (Å²) in [6, 6.07) is 23.6. The maximum Gasteiger partial charge on any atom is 0.323 e. The number of carbonyl (C=O) groups excluding carboxylic acids is 1. The Kier molecular flexibility index (Phi) is 6.00. The van der Waals surface area contributed by atoms with Gasteiger partial charge in [-0.1, -0.05) is 48.5 Å². The van der Waals surface area contributed by atoms with Crippen LogP contribution < -0.4 is 10.1 Å². The lowest BCUT2D eigenvalue weighted by molar-refractivity contribution is 0.214. The SMILES string of the molecule is O=C(Nc1cccc(F)c1)N1CCSC1c1ccc(OCc2ccccc2)cc1. The Morgan fingerprint density at radius 1 is 1.07 bits per heavy atom. The molecule has 1 N–H and O–H groups in total. The quantitative estimate of drug-likeness (QED) is 0.590. The first-order valence-corrected chi connectivity index (χ1v) is 10.5. The van der Waals surface area contributed by atoms with Gasteiger partial charge in [0, 0.05) is 18.0 Å². The molecule has 1 aliphatic heterocycles. The molecule has 2 amide bonds. The number of nitrogens with zero attached hydrogens (tertiary/aromatic N) is 1. The highest BCUT2D eigenvalue weighted by molar-refractivity contribution is 7.99. The van der Waals surface area contributed by atoms with E-state index in [2.05, 4.69) is 5.32 Å². The standard InChI is InChI=1S/C23H21FN2O2S/c24-19-7-4-8-20(15-19)25-23(27)26-13-14-29-22(26)18-9-11-21(12-10-18)28-16-17-5-2-1-3-6-17/h1-12,15,22H,13-14,16H2,(H,25,27). The fraction of sp³-hybridized carbons (Fsp3) is 0.174. The summed E-state index contributed by atoms with van der Waals surface area (Å²) in [5.41, 5.74) is 2.60. The predicted molar refractivity (Wildman–Crippen MR) is 115 cm³/mol. The average molecular weight is 408 g/mol. The first-order valence-electron chi connectivity index (χ1n) is 9.40. The Morgan fingerprint density at radius 2 is 1.86 bits per heavy atom. The lowest BCUT2D eigenvalue weighted by Crippen LogP contribution is -2.34. The van der Waals surface area contributed by atoms with Crippen molar-refractivity contribution in [3.8, 4) is 5.75 Å². The molecule has 1 heterocycles. The van der Waals surface area contributed by atoms with E-state index < -0.39 is 0 Å². The van der Waals surface area contributed by atoms with Crippen LogP contribution in [0.1, 0.15) is 16.5 Å². The first kappa shape index (κ1) is 19.3. The summed E-state index contributed by atoms with van der Waals surface area (Å²) in [7, 11) is 0. The van der Waals surface area contributed by atoms with Gasteiger partial charge in [0.25, 0.3) is 0 Å². The average Bonchev–Trinajstić information content (AvgIpc) is 3.23. The number of rotatable bonds is 5. The summed E-state index contributed by atoms with van der Waals surface area (Å²) < 4.78 is 19.2. The fourth-order valence-corrected chi connectivity index (χ4v) is 4.44. The number of carbonyl (C=O) groups is 1. The van der Waals surface area contributed by atoms with Crippen molar-refractivity contribution in [3.63, 3.8) is 0 Å². The molecule has 0 bridgehead atoms. The van der Waals surface area contributed by atoms with E-state index in [0.29, 0.717) is 18.8 Å². The lowest BCUT2D eigenvalue weighted by Gasteiger charge is -2.24. The molecule has 148 valence electrons. The van der Waals surface area contributed by atoms with Crippen molar-refractivity contribution in [1.29, 1.82) is 0 Å². The molecule has 0 radical (unpaired) electrons. The molecule has 1 aliphatic rings. The van der Waals surface area contributed by atoms with Gasteiger partial charge in [-0.25, -0.2) is 9.18 Å². The minimum atomic E-state index is -0.374. The number of hydrogen-bond donors (Lipinski definition) is 1. The van der Waals surface area contributed by atoms with Crippen molar-refractivity contribution in [2.45, 2.75) is 12.0 Å². The van der Waals surface area contributed by atoms with E-state index >= 15 is 0 Å². The van der Waals surface area contributed by atoms with Gasteiger partial charge in [0.15, 0.2) is 0 Å². The third kappa shape index (κ3) is 4.90. The van der Waals surface area contributed by atoms with Crippen LogP contribution in [0.5, 0.6) is 5.75 Å². The van der Waals surface area contributed by atoms with Gasteiger partial charge in [0.05, 0.1) is 0 Å². The second kappa shape index (κ2) is 9.01. The summed E-state index contributed by atoms with van der Waals surface area (Å²) >= 11 is 1.71. The molecule has 6 heteroatoms. The van der Waals surface area contributed by atoms with Crippen molar-refractivity contribution in [1.82, 2.24) is 4.90 Å². The van der Waals surface area contributed by atoms with Crippen LogP contribution in [0.15, 0.2) is 78.9 Å². The van der Waals surface area contributed by atoms with Crippen LogP contribution >= 0.6 is 11.8 Å². The van der Waals surface area contributed by atoms with E-state index in [-0.39, 0.29) is 17.2 Å². The van der Waals surface area contributed by atoms with Crippen molar-refractivity contribution >= 4 is 23.5 Å². The molecule has 1 unspecified atom stereocenters. The molecule has 3 aromatic carbocycles. The van der Waals surface area contributed by atoms with Crippen LogP contribution in [0.4, 0.5) is 14.9 Å². The Morgan fingerprint density at radius 3 is 2.62 bits per heavy atom. The molecule has 3 aromatic rings. The van der Waals surface area contributed by atoms with Gasteiger partial charge < -0.3 is 15.0 Å². The summed E-state index contributed by atoms with van der Waals surface area (Å²) in [5, 5.41) is 2.71. The van der Waals surface area contributed by atoms with Gasteiger partial charge in [-0.05, 0) is 41.5 Å². The molecule has 0 spiro atoms.